The molecule has 9 nitrogen and oxygen atoms in total. The quantitative estimate of drug-likeness (QED) is 0.530. The van der Waals surface area contributed by atoms with Crippen LogP contribution in [0.5, 0.6) is 0 Å². The zero-order valence-electron chi connectivity index (χ0n) is 15.3. The van der Waals surface area contributed by atoms with E-state index in [2.05, 4.69) is 15.6 Å². The van der Waals surface area contributed by atoms with E-state index in [9.17, 15) is 24.3 Å². The lowest BCUT2D eigenvalue weighted by molar-refractivity contribution is -0.121. The van der Waals surface area contributed by atoms with Crippen molar-refractivity contribution >= 4 is 45.8 Å². The molecule has 0 saturated carbocycles. The first-order valence-corrected chi connectivity index (χ1v) is 9.22. The predicted molar refractivity (Wildman–Crippen MR) is 105 cm³/mol. The van der Waals surface area contributed by atoms with Gasteiger partial charge in [-0.15, -0.1) is 11.3 Å². The summed E-state index contributed by atoms with van der Waals surface area (Å²) in [6.45, 7) is 3.68. The van der Waals surface area contributed by atoms with Gasteiger partial charge in [-0.2, -0.15) is 0 Å². The normalized spacial score (nSPS) is 10.5. The van der Waals surface area contributed by atoms with Gasteiger partial charge in [0.15, 0.2) is 10.8 Å². The molecule has 148 valence electrons. The first-order chi connectivity index (χ1) is 13.2. The number of carboxylic acid groups (broad SMARTS) is 1. The Kier molecular flexibility index (Phi) is 6.83. The second-order valence-corrected chi connectivity index (χ2v) is 7.26. The number of primary amides is 1. The number of carboxylic acids is 1. The molecule has 0 saturated heterocycles. The van der Waals surface area contributed by atoms with Crippen molar-refractivity contribution in [3.8, 4) is 0 Å². The van der Waals surface area contributed by atoms with Gasteiger partial charge >= 0.3 is 5.97 Å². The van der Waals surface area contributed by atoms with Gasteiger partial charge < -0.3 is 21.5 Å². The van der Waals surface area contributed by atoms with Crippen molar-refractivity contribution in [3.63, 3.8) is 0 Å². The number of thiazole rings is 1. The SMILES string of the molecule is CC(C)c1sc(NC(=O)CCC(=O)Nc2ccc(C(N)=O)cc2)nc1C(=O)O. The van der Waals surface area contributed by atoms with Gasteiger partial charge in [0, 0.05) is 29.0 Å². The van der Waals surface area contributed by atoms with Crippen molar-refractivity contribution in [1.82, 2.24) is 4.98 Å². The number of nitrogens with one attached hydrogen (secondary N) is 2. The fraction of sp³-hybridized carbons (Fsp3) is 0.278. The summed E-state index contributed by atoms with van der Waals surface area (Å²) in [7, 11) is 0. The highest BCUT2D eigenvalue weighted by atomic mass is 32.1. The number of hydrogen-bond acceptors (Lipinski definition) is 6. The standard InChI is InChI=1S/C18H20N4O5S/c1-9(2)15-14(17(26)27)22-18(28-15)21-13(24)8-7-12(23)20-11-5-3-10(4-6-11)16(19)25/h3-6,9H,7-8H2,1-2H3,(H2,19,25)(H,20,23)(H,26,27)(H,21,22,24). The lowest BCUT2D eigenvalue weighted by Gasteiger charge is -2.06. The molecular formula is C18H20N4O5S. The van der Waals surface area contributed by atoms with Gasteiger partial charge in [-0.1, -0.05) is 13.8 Å². The van der Waals surface area contributed by atoms with E-state index in [0.717, 1.165) is 11.3 Å². The van der Waals surface area contributed by atoms with Crippen LogP contribution < -0.4 is 16.4 Å². The number of aromatic nitrogens is 1. The van der Waals surface area contributed by atoms with E-state index in [0.29, 0.717) is 16.1 Å². The lowest BCUT2D eigenvalue weighted by atomic mass is 10.1. The fourth-order valence-corrected chi connectivity index (χ4v) is 3.26. The smallest absolute Gasteiger partial charge is 0.355 e. The van der Waals surface area contributed by atoms with E-state index in [1.54, 1.807) is 0 Å². The molecule has 3 amide bonds. The van der Waals surface area contributed by atoms with E-state index in [1.165, 1.54) is 24.3 Å². The van der Waals surface area contributed by atoms with E-state index in [-0.39, 0.29) is 35.5 Å². The van der Waals surface area contributed by atoms with Crippen LogP contribution >= 0.6 is 11.3 Å². The first-order valence-electron chi connectivity index (χ1n) is 8.41. The minimum absolute atomic E-state index is 0.0408. The average Bonchev–Trinajstić information content (AvgIpc) is 3.05. The number of benzene rings is 1. The molecule has 0 fully saturated rings. The van der Waals surface area contributed by atoms with Gasteiger partial charge in [0.1, 0.15) is 0 Å². The Morgan fingerprint density at radius 3 is 2.11 bits per heavy atom. The molecule has 28 heavy (non-hydrogen) atoms. The Morgan fingerprint density at radius 2 is 1.64 bits per heavy atom. The van der Waals surface area contributed by atoms with E-state index < -0.39 is 17.8 Å². The van der Waals surface area contributed by atoms with Crippen molar-refractivity contribution in [2.24, 2.45) is 5.73 Å². The number of nitrogens with zero attached hydrogens (tertiary/aromatic N) is 1. The van der Waals surface area contributed by atoms with E-state index in [4.69, 9.17) is 5.73 Å². The molecule has 0 atom stereocenters. The van der Waals surface area contributed by atoms with Crippen molar-refractivity contribution in [1.29, 1.82) is 0 Å². The number of amides is 3. The molecule has 0 aliphatic rings. The number of hydrogen-bond donors (Lipinski definition) is 4. The summed E-state index contributed by atoms with van der Waals surface area (Å²) < 4.78 is 0. The van der Waals surface area contributed by atoms with Crippen LogP contribution in [0.3, 0.4) is 0 Å². The molecule has 0 radical (unpaired) electrons. The highest BCUT2D eigenvalue weighted by molar-refractivity contribution is 7.16. The van der Waals surface area contributed by atoms with Gasteiger partial charge in [0.25, 0.3) is 0 Å². The number of aromatic carboxylic acids is 1. The molecule has 2 rings (SSSR count). The molecular weight excluding hydrogens is 384 g/mol. The number of rotatable bonds is 8. The Morgan fingerprint density at radius 1 is 1.07 bits per heavy atom. The molecule has 0 spiro atoms. The Labute approximate surface area is 165 Å². The molecule has 1 aromatic carbocycles. The fourth-order valence-electron chi connectivity index (χ4n) is 2.28. The van der Waals surface area contributed by atoms with Crippen molar-refractivity contribution in [2.45, 2.75) is 32.6 Å². The van der Waals surface area contributed by atoms with Crippen LogP contribution in [0, 0.1) is 0 Å². The zero-order chi connectivity index (χ0) is 20.8. The molecule has 0 unspecified atom stereocenters. The molecule has 2 aromatic rings. The summed E-state index contributed by atoms with van der Waals surface area (Å²) in [6, 6.07) is 6.04. The van der Waals surface area contributed by atoms with Crippen LogP contribution in [-0.4, -0.2) is 33.8 Å². The molecule has 1 heterocycles. The number of carbonyl (C=O) groups is 4. The molecule has 0 aliphatic carbocycles. The van der Waals surface area contributed by atoms with Crippen molar-refractivity contribution in [2.75, 3.05) is 10.6 Å². The van der Waals surface area contributed by atoms with E-state index >= 15 is 0 Å². The maximum absolute atomic E-state index is 12.0. The van der Waals surface area contributed by atoms with Crippen LogP contribution in [-0.2, 0) is 9.59 Å². The Hall–Kier alpha value is -3.27. The lowest BCUT2D eigenvalue weighted by Crippen LogP contribution is -2.17. The van der Waals surface area contributed by atoms with Gasteiger partial charge in [0.2, 0.25) is 17.7 Å². The minimum Gasteiger partial charge on any atom is -0.476 e. The molecule has 0 bridgehead atoms. The number of carbonyl (C=O) groups excluding carboxylic acids is 3. The minimum atomic E-state index is -1.15. The number of anilines is 2. The second-order valence-electron chi connectivity index (χ2n) is 6.23. The first kappa shape index (κ1) is 21.0. The van der Waals surface area contributed by atoms with E-state index in [1.807, 2.05) is 13.8 Å². The second kappa shape index (κ2) is 9.09. The summed E-state index contributed by atoms with van der Waals surface area (Å²) in [6.07, 6.45) is -0.165. The zero-order valence-corrected chi connectivity index (χ0v) is 16.1. The predicted octanol–water partition coefficient (Wildman–Crippen LogP) is 2.42. The highest BCUT2D eigenvalue weighted by Gasteiger charge is 2.20. The largest absolute Gasteiger partial charge is 0.476 e. The van der Waals surface area contributed by atoms with Crippen LogP contribution in [0.1, 0.15) is 58.3 Å². The summed E-state index contributed by atoms with van der Waals surface area (Å²) in [4.78, 5) is 50.7. The summed E-state index contributed by atoms with van der Waals surface area (Å²) >= 11 is 1.10. The Balaban J connectivity index is 1.88. The van der Waals surface area contributed by atoms with Crippen molar-refractivity contribution < 1.29 is 24.3 Å². The van der Waals surface area contributed by atoms with Gasteiger partial charge in [-0.05, 0) is 30.2 Å². The molecule has 1 aromatic heterocycles. The van der Waals surface area contributed by atoms with Gasteiger partial charge in [-0.25, -0.2) is 9.78 Å². The van der Waals surface area contributed by atoms with Gasteiger partial charge in [0.05, 0.1) is 0 Å². The summed E-state index contributed by atoms with van der Waals surface area (Å²) in [5.74, 6) is -2.58. The third-order valence-electron chi connectivity index (χ3n) is 3.66. The summed E-state index contributed by atoms with van der Waals surface area (Å²) in [5, 5.41) is 14.5. The third-order valence-corrected chi connectivity index (χ3v) is 4.93. The van der Waals surface area contributed by atoms with Crippen LogP contribution in [0.2, 0.25) is 0 Å². The highest BCUT2D eigenvalue weighted by Crippen LogP contribution is 2.29. The average molecular weight is 404 g/mol. The summed E-state index contributed by atoms with van der Waals surface area (Å²) in [5.41, 5.74) is 5.87. The van der Waals surface area contributed by atoms with Crippen molar-refractivity contribution in [3.05, 3.63) is 40.4 Å². The third kappa shape index (κ3) is 5.61. The van der Waals surface area contributed by atoms with Crippen LogP contribution in [0.4, 0.5) is 10.8 Å². The maximum Gasteiger partial charge on any atom is 0.355 e. The van der Waals surface area contributed by atoms with Gasteiger partial charge in [-0.3, -0.25) is 14.4 Å². The Bertz CT molecular complexity index is 905. The van der Waals surface area contributed by atoms with Crippen LogP contribution in [0.25, 0.3) is 0 Å². The maximum atomic E-state index is 12.0. The van der Waals surface area contributed by atoms with Crippen LogP contribution in [0.15, 0.2) is 24.3 Å². The number of nitrogens with two attached hydrogens (primary N) is 1. The molecule has 5 N–H and O–H groups in total. The topological polar surface area (TPSA) is 151 Å². The molecule has 0 aliphatic heterocycles. The molecule has 10 heteroatoms. The monoisotopic (exact) mass is 404 g/mol.